The van der Waals surface area contributed by atoms with E-state index in [1.165, 1.54) is 43.8 Å². The summed E-state index contributed by atoms with van der Waals surface area (Å²) in [5.74, 6) is 0. The Hall–Kier alpha value is -0.200. The van der Waals surface area contributed by atoms with Crippen LogP contribution in [0.5, 0.6) is 0 Å². The van der Waals surface area contributed by atoms with Gasteiger partial charge in [-0.2, -0.15) is 0 Å². The molecule has 0 aromatic heterocycles. The minimum atomic E-state index is 0.296. The third-order valence-corrected chi connectivity index (χ3v) is 4.59. The van der Waals surface area contributed by atoms with Crippen molar-refractivity contribution in [3.63, 3.8) is 0 Å². The van der Waals surface area contributed by atoms with Crippen LogP contribution in [-0.2, 0) is 4.74 Å². The number of quaternary nitrogens is 1. The molecule has 0 amide bonds. The lowest BCUT2D eigenvalue weighted by Crippen LogP contribution is -2.66. The highest BCUT2D eigenvalue weighted by molar-refractivity contribution is 4.70. The van der Waals surface area contributed by atoms with Crippen molar-refractivity contribution in [1.82, 2.24) is 9.80 Å². The zero-order chi connectivity index (χ0) is 12.8. The van der Waals surface area contributed by atoms with Gasteiger partial charge in [-0.15, -0.1) is 0 Å². The summed E-state index contributed by atoms with van der Waals surface area (Å²) in [5.41, 5.74) is 0. The molecule has 0 aromatic rings. The number of piperazine rings is 2. The molecule has 5 nitrogen and oxygen atoms in total. The van der Waals surface area contributed by atoms with Crippen LogP contribution in [0.4, 0.5) is 0 Å². The van der Waals surface area contributed by atoms with Gasteiger partial charge in [0.25, 0.3) is 0 Å². The lowest BCUT2D eigenvalue weighted by atomic mass is 10.1. The van der Waals surface area contributed by atoms with E-state index in [1.54, 1.807) is 7.11 Å². The number of nitrogens with zero attached hydrogens (tertiary/aromatic N) is 3. The average molecular weight is 258 g/mol. The van der Waals surface area contributed by atoms with Gasteiger partial charge in [-0.1, -0.05) is 0 Å². The van der Waals surface area contributed by atoms with Gasteiger partial charge in [0.1, 0.15) is 0 Å². The Balaban J connectivity index is 1.72. The highest BCUT2D eigenvalue weighted by Crippen LogP contribution is 2.17. The third kappa shape index (κ3) is 3.65. The molecule has 0 atom stereocenters. The summed E-state index contributed by atoms with van der Waals surface area (Å²) < 4.78 is 6.44. The van der Waals surface area contributed by atoms with Crippen LogP contribution in [0, 0.1) is 0 Å². The molecule has 0 radical (unpaired) electrons. The summed E-state index contributed by atoms with van der Waals surface area (Å²) in [6.07, 6.45) is 0. The van der Waals surface area contributed by atoms with Gasteiger partial charge in [0, 0.05) is 46.4 Å². The molecule has 2 heterocycles. The number of aliphatic hydroxyl groups excluding tert-OH is 1. The second kappa shape index (κ2) is 6.82. The lowest BCUT2D eigenvalue weighted by molar-refractivity contribution is -0.935. The van der Waals surface area contributed by atoms with Crippen LogP contribution in [0.25, 0.3) is 0 Å². The Kier molecular flexibility index (Phi) is 5.38. The van der Waals surface area contributed by atoms with Crippen molar-refractivity contribution in [3.05, 3.63) is 0 Å². The van der Waals surface area contributed by atoms with Crippen molar-refractivity contribution in [1.29, 1.82) is 0 Å². The van der Waals surface area contributed by atoms with E-state index in [9.17, 15) is 0 Å². The van der Waals surface area contributed by atoms with Crippen molar-refractivity contribution < 1.29 is 14.3 Å². The molecule has 2 fully saturated rings. The molecule has 0 bridgehead atoms. The maximum Gasteiger partial charge on any atom is 0.0917 e. The summed E-state index contributed by atoms with van der Waals surface area (Å²) in [6.45, 7) is 12.9. The highest BCUT2D eigenvalue weighted by Gasteiger charge is 2.35. The second-order valence-electron chi connectivity index (χ2n) is 5.64. The van der Waals surface area contributed by atoms with Crippen LogP contribution >= 0.6 is 0 Å². The number of aliphatic hydroxyl groups is 1. The van der Waals surface area contributed by atoms with E-state index in [0.717, 1.165) is 32.8 Å². The van der Waals surface area contributed by atoms with E-state index in [1.807, 2.05) is 0 Å². The van der Waals surface area contributed by atoms with Crippen molar-refractivity contribution in [2.75, 3.05) is 85.8 Å². The number of hydrogen-bond acceptors (Lipinski definition) is 4. The van der Waals surface area contributed by atoms with Crippen molar-refractivity contribution >= 4 is 0 Å². The van der Waals surface area contributed by atoms with E-state index >= 15 is 0 Å². The maximum atomic E-state index is 8.97. The monoisotopic (exact) mass is 258 g/mol. The molecule has 1 spiro atoms. The van der Waals surface area contributed by atoms with Gasteiger partial charge in [-0.05, 0) is 0 Å². The topological polar surface area (TPSA) is 35.9 Å². The first-order chi connectivity index (χ1) is 8.78. The normalized spacial score (nSPS) is 25.7. The van der Waals surface area contributed by atoms with Crippen LogP contribution in [0.2, 0.25) is 0 Å². The maximum absolute atomic E-state index is 8.97. The molecule has 0 saturated carbocycles. The Morgan fingerprint density at radius 2 is 1.44 bits per heavy atom. The molecule has 2 aliphatic heterocycles. The van der Waals surface area contributed by atoms with Gasteiger partial charge in [0.15, 0.2) is 0 Å². The number of ether oxygens (including phenoxy) is 1. The smallest absolute Gasteiger partial charge is 0.0917 e. The third-order valence-electron chi connectivity index (χ3n) is 4.59. The molecule has 0 aromatic carbocycles. The summed E-state index contributed by atoms with van der Waals surface area (Å²) in [5, 5.41) is 8.97. The highest BCUT2D eigenvalue weighted by atomic mass is 16.5. The van der Waals surface area contributed by atoms with Gasteiger partial charge in [0.05, 0.1) is 39.4 Å². The van der Waals surface area contributed by atoms with Gasteiger partial charge in [0.2, 0.25) is 0 Å². The van der Waals surface area contributed by atoms with Crippen molar-refractivity contribution in [3.8, 4) is 0 Å². The fourth-order valence-corrected chi connectivity index (χ4v) is 3.12. The Labute approximate surface area is 111 Å². The van der Waals surface area contributed by atoms with Crippen LogP contribution < -0.4 is 0 Å². The molecule has 0 unspecified atom stereocenters. The van der Waals surface area contributed by atoms with E-state index in [0.29, 0.717) is 6.61 Å². The number of rotatable bonds is 5. The fraction of sp³-hybridized carbons (Fsp3) is 1.00. The van der Waals surface area contributed by atoms with Crippen LogP contribution in [0.3, 0.4) is 0 Å². The zero-order valence-corrected chi connectivity index (χ0v) is 11.7. The minimum absolute atomic E-state index is 0.296. The van der Waals surface area contributed by atoms with E-state index in [2.05, 4.69) is 9.80 Å². The van der Waals surface area contributed by atoms with Crippen LogP contribution in [-0.4, -0.2) is 105 Å². The van der Waals surface area contributed by atoms with Gasteiger partial charge >= 0.3 is 0 Å². The van der Waals surface area contributed by atoms with Gasteiger partial charge in [-0.3, -0.25) is 9.80 Å². The number of methoxy groups -OCH3 is 1. The van der Waals surface area contributed by atoms with E-state index in [4.69, 9.17) is 9.84 Å². The molecular formula is C13H28N3O2+. The Morgan fingerprint density at radius 3 is 1.89 bits per heavy atom. The Morgan fingerprint density at radius 1 is 0.944 bits per heavy atom. The van der Waals surface area contributed by atoms with Crippen molar-refractivity contribution in [2.45, 2.75) is 0 Å². The molecule has 2 rings (SSSR count). The summed E-state index contributed by atoms with van der Waals surface area (Å²) in [4.78, 5) is 4.91. The van der Waals surface area contributed by atoms with Crippen LogP contribution in [0.1, 0.15) is 0 Å². The zero-order valence-electron chi connectivity index (χ0n) is 11.7. The predicted octanol–water partition coefficient (Wildman–Crippen LogP) is -0.927. The van der Waals surface area contributed by atoms with Gasteiger partial charge < -0.3 is 14.3 Å². The molecule has 0 aliphatic carbocycles. The molecule has 5 heteroatoms. The molecule has 2 aliphatic rings. The summed E-state index contributed by atoms with van der Waals surface area (Å²) in [6, 6.07) is 0. The minimum Gasteiger partial charge on any atom is -0.395 e. The number of hydrogen-bond donors (Lipinski definition) is 1. The molecule has 106 valence electrons. The standard InChI is InChI=1S/C13H28N3O2/c1-18-13-7-15-4-10-16(11-5-15)8-2-14(3-9-16)6-12-17/h17H,2-13H2,1H3/q+1. The largest absolute Gasteiger partial charge is 0.395 e. The molecular weight excluding hydrogens is 230 g/mol. The molecule has 18 heavy (non-hydrogen) atoms. The number of β-amino-alcohol motifs (C(OH)–C–C–N with tert-alkyl or cyclic N) is 1. The van der Waals surface area contributed by atoms with Gasteiger partial charge in [-0.25, -0.2) is 0 Å². The average Bonchev–Trinajstić information content (AvgIpc) is 2.41. The molecule has 2 saturated heterocycles. The Bertz CT molecular complexity index is 232. The quantitative estimate of drug-likeness (QED) is 0.647. The first-order valence-corrected chi connectivity index (χ1v) is 7.18. The SMILES string of the molecule is COCCN1CC[N+]2(CCN(CCO)CC2)CC1. The molecule has 1 N–H and O–H groups in total. The van der Waals surface area contributed by atoms with Crippen molar-refractivity contribution in [2.24, 2.45) is 0 Å². The predicted molar refractivity (Wildman–Crippen MR) is 71.6 cm³/mol. The first kappa shape index (κ1) is 14.2. The fourth-order valence-electron chi connectivity index (χ4n) is 3.12. The lowest BCUT2D eigenvalue weighted by Gasteiger charge is -2.49. The van der Waals surface area contributed by atoms with E-state index in [-0.39, 0.29) is 0 Å². The summed E-state index contributed by atoms with van der Waals surface area (Å²) >= 11 is 0. The first-order valence-electron chi connectivity index (χ1n) is 7.18. The van der Waals surface area contributed by atoms with E-state index < -0.39 is 0 Å². The summed E-state index contributed by atoms with van der Waals surface area (Å²) in [7, 11) is 1.78. The van der Waals surface area contributed by atoms with Crippen LogP contribution in [0.15, 0.2) is 0 Å². The second-order valence-corrected chi connectivity index (χ2v) is 5.64.